The molecule has 0 atom stereocenters. The highest BCUT2D eigenvalue weighted by Crippen LogP contribution is 2.36. The van der Waals surface area contributed by atoms with Crippen LogP contribution in [0.25, 0.3) is 22.5 Å². The van der Waals surface area contributed by atoms with Crippen LogP contribution in [0.2, 0.25) is 0 Å². The van der Waals surface area contributed by atoms with Crippen LogP contribution in [0, 0.1) is 11.3 Å². The van der Waals surface area contributed by atoms with Crippen molar-refractivity contribution in [1.29, 1.82) is 5.26 Å². The van der Waals surface area contributed by atoms with E-state index < -0.39 is 23.5 Å². The molecule has 0 aliphatic heterocycles. The van der Waals surface area contributed by atoms with Crippen LogP contribution in [-0.2, 0) is 12.4 Å². The lowest BCUT2D eigenvalue weighted by molar-refractivity contribution is -0.138. The molecular formula is C16H7F6N5. The molecule has 27 heavy (non-hydrogen) atoms. The van der Waals surface area contributed by atoms with Crippen molar-refractivity contribution < 1.29 is 26.3 Å². The van der Waals surface area contributed by atoms with Crippen LogP contribution >= 0.6 is 0 Å². The first-order chi connectivity index (χ1) is 12.6. The van der Waals surface area contributed by atoms with Crippen LogP contribution in [-0.4, -0.2) is 20.4 Å². The summed E-state index contributed by atoms with van der Waals surface area (Å²) in [5, 5.41) is 18.2. The Morgan fingerprint density at radius 3 is 2.11 bits per heavy atom. The van der Waals surface area contributed by atoms with Gasteiger partial charge >= 0.3 is 12.4 Å². The summed E-state index contributed by atoms with van der Waals surface area (Å²) in [7, 11) is 0. The smallest absolute Gasteiger partial charge is 0.256 e. The second kappa shape index (κ2) is 6.39. The molecule has 0 amide bonds. The largest absolute Gasteiger partial charge is 0.417 e. The van der Waals surface area contributed by atoms with Crippen LogP contribution in [0.15, 0.2) is 36.5 Å². The number of hydrogen-bond donors (Lipinski definition) is 1. The Morgan fingerprint density at radius 2 is 1.56 bits per heavy atom. The van der Waals surface area contributed by atoms with E-state index in [0.29, 0.717) is 6.20 Å². The molecule has 0 unspecified atom stereocenters. The molecule has 11 heteroatoms. The van der Waals surface area contributed by atoms with Gasteiger partial charge in [0.2, 0.25) is 0 Å². The van der Waals surface area contributed by atoms with Crippen molar-refractivity contribution >= 4 is 0 Å². The number of aromatic amines is 1. The third-order valence-corrected chi connectivity index (χ3v) is 3.58. The summed E-state index contributed by atoms with van der Waals surface area (Å²) in [5.74, 6) is 0. The molecule has 0 saturated heterocycles. The Hall–Kier alpha value is -3.42. The Kier molecular flexibility index (Phi) is 4.35. The fourth-order valence-corrected chi connectivity index (χ4v) is 2.32. The van der Waals surface area contributed by atoms with Crippen LogP contribution in [0.1, 0.15) is 16.8 Å². The summed E-state index contributed by atoms with van der Waals surface area (Å²) in [4.78, 5) is 3.61. The number of alkyl halides is 6. The van der Waals surface area contributed by atoms with E-state index in [9.17, 15) is 26.3 Å². The Bertz CT molecular complexity index is 1010. The predicted octanol–water partition coefficient (Wildman–Crippen LogP) is 4.44. The van der Waals surface area contributed by atoms with Crippen molar-refractivity contribution in [2.75, 3.05) is 0 Å². The van der Waals surface area contributed by atoms with E-state index in [1.165, 1.54) is 6.07 Å². The lowest BCUT2D eigenvalue weighted by Crippen LogP contribution is -2.07. The summed E-state index contributed by atoms with van der Waals surface area (Å²) < 4.78 is 77.6. The molecule has 0 fully saturated rings. The zero-order valence-electron chi connectivity index (χ0n) is 13.0. The number of benzene rings is 1. The highest BCUT2D eigenvalue weighted by Gasteiger charge is 2.33. The second-order valence-corrected chi connectivity index (χ2v) is 5.37. The highest BCUT2D eigenvalue weighted by atomic mass is 19.4. The van der Waals surface area contributed by atoms with Crippen molar-refractivity contribution in [2.45, 2.75) is 12.4 Å². The lowest BCUT2D eigenvalue weighted by atomic mass is 10.00. The zero-order valence-corrected chi connectivity index (χ0v) is 13.0. The van der Waals surface area contributed by atoms with Crippen molar-refractivity contribution in [3.05, 3.63) is 53.3 Å². The molecule has 0 radical (unpaired) electrons. The minimum Gasteiger partial charge on any atom is -0.256 e. The molecule has 5 nitrogen and oxygen atoms in total. The Morgan fingerprint density at radius 1 is 0.889 bits per heavy atom. The molecule has 2 aromatic heterocycles. The third-order valence-electron chi connectivity index (χ3n) is 3.58. The third kappa shape index (κ3) is 3.74. The second-order valence-electron chi connectivity index (χ2n) is 5.37. The average molecular weight is 383 g/mol. The SMILES string of the molecule is N#Cc1[nH]nnc1-c1cc(-c2ccc(C(F)(F)F)cn2)cc(C(F)(F)F)c1. The fourth-order valence-electron chi connectivity index (χ4n) is 2.32. The molecule has 1 N–H and O–H groups in total. The monoisotopic (exact) mass is 383 g/mol. The number of halogens is 6. The average Bonchev–Trinajstić information content (AvgIpc) is 3.09. The topological polar surface area (TPSA) is 78.2 Å². The minimum atomic E-state index is -4.73. The molecule has 138 valence electrons. The number of H-pyrrole nitrogens is 1. The maximum absolute atomic E-state index is 13.2. The van der Waals surface area contributed by atoms with Gasteiger partial charge in [-0.25, -0.2) is 5.10 Å². The van der Waals surface area contributed by atoms with E-state index in [1.807, 2.05) is 0 Å². The minimum absolute atomic E-state index is 0.0770. The predicted molar refractivity (Wildman–Crippen MR) is 79.8 cm³/mol. The maximum Gasteiger partial charge on any atom is 0.417 e. The first-order valence-electron chi connectivity index (χ1n) is 7.17. The first kappa shape index (κ1) is 18.4. The highest BCUT2D eigenvalue weighted by molar-refractivity contribution is 5.73. The lowest BCUT2D eigenvalue weighted by Gasteiger charge is -2.12. The number of pyridine rings is 1. The number of hydrogen-bond acceptors (Lipinski definition) is 4. The van der Waals surface area contributed by atoms with Gasteiger partial charge in [0, 0.05) is 17.3 Å². The number of nitrogens with zero attached hydrogens (tertiary/aromatic N) is 4. The van der Waals surface area contributed by atoms with E-state index in [2.05, 4.69) is 20.4 Å². The van der Waals surface area contributed by atoms with Crippen LogP contribution in [0.3, 0.4) is 0 Å². The van der Waals surface area contributed by atoms with Gasteiger partial charge < -0.3 is 0 Å². The Labute approximate surface area is 147 Å². The number of nitriles is 1. The van der Waals surface area contributed by atoms with Crippen molar-refractivity contribution in [3.8, 4) is 28.6 Å². The molecule has 0 aliphatic carbocycles. The zero-order chi connectivity index (χ0) is 19.8. The van der Waals surface area contributed by atoms with E-state index in [1.54, 1.807) is 6.07 Å². The van der Waals surface area contributed by atoms with Crippen LogP contribution < -0.4 is 0 Å². The van der Waals surface area contributed by atoms with Crippen LogP contribution in [0.4, 0.5) is 26.3 Å². The van der Waals surface area contributed by atoms with Gasteiger partial charge in [0.1, 0.15) is 11.8 Å². The molecule has 0 bridgehead atoms. The number of aromatic nitrogens is 4. The fraction of sp³-hybridized carbons (Fsp3) is 0.125. The van der Waals surface area contributed by atoms with E-state index in [-0.39, 0.29) is 28.2 Å². The van der Waals surface area contributed by atoms with Gasteiger partial charge in [0.05, 0.1) is 16.8 Å². The number of rotatable bonds is 2. The van der Waals surface area contributed by atoms with Crippen molar-refractivity contribution in [3.63, 3.8) is 0 Å². The normalized spacial score (nSPS) is 12.0. The summed E-state index contributed by atoms with van der Waals surface area (Å²) in [6.45, 7) is 0. The summed E-state index contributed by atoms with van der Waals surface area (Å²) in [5.41, 5.74) is -2.62. The number of nitrogens with one attached hydrogen (secondary N) is 1. The van der Waals surface area contributed by atoms with Gasteiger partial charge in [-0.05, 0) is 30.3 Å². The van der Waals surface area contributed by atoms with Gasteiger partial charge in [0.25, 0.3) is 0 Å². The molecule has 3 rings (SSSR count). The molecular weight excluding hydrogens is 376 g/mol. The molecule has 1 aromatic carbocycles. The van der Waals surface area contributed by atoms with E-state index in [0.717, 1.165) is 24.3 Å². The quantitative estimate of drug-likeness (QED) is 0.664. The van der Waals surface area contributed by atoms with Gasteiger partial charge in [-0.1, -0.05) is 5.21 Å². The van der Waals surface area contributed by atoms with Gasteiger partial charge in [-0.15, -0.1) is 5.10 Å². The van der Waals surface area contributed by atoms with E-state index >= 15 is 0 Å². The molecule has 0 saturated carbocycles. The summed E-state index contributed by atoms with van der Waals surface area (Å²) in [6.07, 6.45) is -8.81. The summed E-state index contributed by atoms with van der Waals surface area (Å²) in [6, 6.07) is 6.17. The molecule has 0 aliphatic rings. The van der Waals surface area contributed by atoms with E-state index in [4.69, 9.17) is 5.26 Å². The van der Waals surface area contributed by atoms with Gasteiger partial charge in [-0.3, -0.25) is 4.98 Å². The first-order valence-corrected chi connectivity index (χ1v) is 7.17. The maximum atomic E-state index is 13.2. The van der Waals surface area contributed by atoms with Crippen molar-refractivity contribution in [2.24, 2.45) is 0 Å². The summed E-state index contributed by atoms with van der Waals surface area (Å²) >= 11 is 0. The standard InChI is InChI=1S/C16H7F6N5/c17-15(18,19)10-1-2-12(24-7-10)8-3-9(5-11(4-8)16(20,21)22)14-13(6-23)25-27-26-14/h1-5,7H,(H,25,26,27). The molecule has 0 spiro atoms. The Balaban J connectivity index is 2.16. The van der Waals surface area contributed by atoms with Crippen LogP contribution in [0.5, 0.6) is 0 Å². The van der Waals surface area contributed by atoms with Gasteiger partial charge in [-0.2, -0.15) is 31.6 Å². The molecule has 2 heterocycles. The van der Waals surface area contributed by atoms with Gasteiger partial charge in [0.15, 0.2) is 5.69 Å². The molecule has 3 aromatic rings. The van der Waals surface area contributed by atoms with Crippen molar-refractivity contribution in [1.82, 2.24) is 20.4 Å².